The van der Waals surface area contributed by atoms with E-state index in [2.05, 4.69) is 20.3 Å². The van der Waals surface area contributed by atoms with Crippen LogP contribution in [0.3, 0.4) is 0 Å². The van der Waals surface area contributed by atoms with E-state index in [-0.39, 0.29) is 5.91 Å². The maximum absolute atomic E-state index is 13.1. The van der Waals surface area contributed by atoms with E-state index in [1.165, 1.54) is 17.8 Å². The molecule has 0 radical (unpaired) electrons. The summed E-state index contributed by atoms with van der Waals surface area (Å²) in [7, 11) is 1.58. The van der Waals surface area contributed by atoms with Crippen LogP contribution in [0.15, 0.2) is 89.3 Å². The monoisotopic (exact) mass is 459 g/mol. The third-order valence-corrected chi connectivity index (χ3v) is 5.74. The van der Waals surface area contributed by atoms with Gasteiger partial charge in [-0.3, -0.25) is 29.4 Å². The largest absolute Gasteiger partial charge is 0.497 e. The molecule has 0 bridgehead atoms. The molecule has 2 amide bonds. The van der Waals surface area contributed by atoms with Crippen molar-refractivity contribution in [2.75, 3.05) is 12.4 Å². The zero-order valence-corrected chi connectivity index (χ0v) is 18.7. The van der Waals surface area contributed by atoms with Gasteiger partial charge in [-0.15, -0.1) is 0 Å². The lowest BCUT2D eigenvalue weighted by atomic mass is 10.2. The number of benzene rings is 1. The Hall–Kier alpha value is -3.98. The number of carbonyl (C=O) groups excluding carboxylic acids is 2. The highest BCUT2D eigenvalue weighted by molar-refractivity contribution is 8.18. The molecule has 2 aromatic heterocycles. The summed E-state index contributed by atoms with van der Waals surface area (Å²) < 4.78 is 5.12. The first-order valence-electron chi connectivity index (χ1n) is 10.1. The number of amides is 2. The van der Waals surface area contributed by atoms with Crippen LogP contribution in [0.1, 0.15) is 11.1 Å². The van der Waals surface area contributed by atoms with Crippen LogP contribution in [-0.4, -0.2) is 39.0 Å². The average Bonchev–Trinajstić information content (AvgIpc) is 3.13. The van der Waals surface area contributed by atoms with E-state index >= 15 is 0 Å². The molecular formula is C24H21N5O3S. The van der Waals surface area contributed by atoms with Crippen LogP contribution in [-0.2, 0) is 22.7 Å². The van der Waals surface area contributed by atoms with E-state index in [0.29, 0.717) is 34.6 Å². The topological polar surface area (TPSA) is 96.8 Å². The normalized spacial score (nSPS) is 15.8. The molecule has 0 aliphatic carbocycles. The van der Waals surface area contributed by atoms with Crippen molar-refractivity contribution in [2.45, 2.75) is 13.1 Å². The van der Waals surface area contributed by atoms with Crippen LogP contribution >= 0.6 is 11.8 Å². The van der Waals surface area contributed by atoms with Crippen molar-refractivity contribution in [3.8, 4) is 5.75 Å². The summed E-state index contributed by atoms with van der Waals surface area (Å²) in [5.74, 6) is 0.0120. The molecule has 3 heterocycles. The van der Waals surface area contributed by atoms with Gasteiger partial charge in [0.1, 0.15) is 5.75 Å². The predicted molar refractivity (Wildman–Crippen MR) is 127 cm³/mol. The van der Waals surface area contributed by atoms with Crippen LogP contribution < -0.4 is 10.1 Å². The summed E-state index contributed by atoms with van der Waals surface area (Å²) in [4.78, 5) is 40.4. The highest BCUT2D eigenvalue weighted by atomic mass is 32.2. The van der Waals surface area contributed by atoms with Gasteiger partial charge in [0.15, 0.2) is 5.17 Å². The lowest BCUT2D eigenvalue weighted by Crippen LogP contribution is -2.29. The fraction of sp³-hybridized carbons (Fsp3) is 0.125. The molecule has 0 saturated carbocycles. The molecule has 9 heteroatoms. The summed E-state index contributed by atoms with van der Waals surface area (Å²) in [5, 5.41) is 3.29. The van der Waals surface area contributed by atoms with Crippen LogP contribution in [0.2, 0.25) is 0 Å². The van der Waals surface area contributed by atoms with Crippen molar-refractivity contribution in [3.05, 3.63) is 95.4 Å². The van der Waals surface area contributed by atoms with Gasteiger partial charge in [-0.2, -0.15) is 0 Å². The zero-order chi connectivity index (χ0) is 23.0. The second-order valence-electron chi connectivity index (χ2n) is 7.04. The quantitative estimate of drug-likeness (QED) is 0.542. The zero-order valence-electron chi connectivity index (χ0n) is 17.8. The van der Waals surface area contributed by atoms with Crippen molar-refractivity contribution in [1.29, 1.82) is 0 Å². The Balaban J connectivity index is 1.53. The number of hydrogen-bond acceptors (Lipinski definition) is 7. The molecule has 1 saturated heterocycles. The molecule has 1 aromatic carbocycles. The summed E-state index contributed by atoms with van der Waals surface area (Å²) in [6.45, 7) is 0.682. The third kappa shape index (κ3) is 5.83. The Kier molecular flexibility index (Phi) is 7.11. The van der Waals surface area contributed by atoms with Crippen LogP contribution in [0, 0.1) is 0 Å². The average molecular weight is 460 g/mol. The number of nitrogens with zero attached hydrogens (tertiary/aromatic N) is 4. The molecule has 3 aromatic rings. The Bertz CT molecular complexity index is 1180. The minimum Gasteiger partial charge on any atom is -0.497 e. The van der Waals surface area contributed by atoms with E-state index in [1.54, 1.807) is 61.1 Å². The highest BCUT2D eigenvalue weighted by Crippen LogP contribution is 2.32. The maximum Gasteiger partial charge on any atom is 0.267 e. The van der Waals surface area contributed by atoms with Crippen LogP contribution in [0.25, 0.3) is 0 Å². The molecule has 0 atom stereocenters. The molecule has 166 valence electrons. The Morgan fingerprint density at radius 1 is 1.09 bits per heavy atom. The number of anilines is 1. The van der Waals surface area contributed by atoms with E-state index in [9.17, 15) is 9.59 Å². The number of carbonyl (C=O) groups is 2. The van der Waals surface area contributed by atoms with E-state index in [4.69, 9.17) is 4.74 Å². The van der Waals surface area contributed by atoms with Gasteiger partial charge in [-0.25, -0.2) is 0 Å². The van der Waals surface area contributed by atoms with Gasteiger partial charge < -0.3 is 10.1 Å². The number of methoxy groups -OCH3 is 1. The van der Waals surface area contributed by atoms with Gasteiger partial charge in [-0.1, -0.05) is 12.1 Å². The first-order chi connectivity index (χ1) is 16.1. The van der Waals surface area contributed by atoms with Crippen LogP contribution in [0.4, 0.5) is 5.69 Å². The summed E-state index contributed by atoms with van der Waals surface area (Å²) >= 11 is 1.18. The standard InChI is InChI=1S/C24H21N5O3S/c1-32-20-8-6-19(7-9-20)28-22(30)12-21-23(31)29(16-18-5-3-11-26-14-18)24(33-21)27-15-17-4-2-10-25-13-17/h2-14H,15-16H2,1H3,(H,28,30). The molecule has 33 heavy (non-hydrogen) atoms. The van der Waals surface area contributed by atoms with Gasteiger partial charge in [-0.05, 0) is 59.3 Å². The molecular weight excluding hydrogens is 438 g/mol. The number of aliphatic imine (C=N–C) groups is 1. The van der Waals surface area contributed by atoms with Crippen molar-refractivity contribution in [1.82, 2.24) is 14.9 Å². The Morgan fingerprint density at radius 2 is 1.79 bits per heavy atom. The molecule has 4 rings (SSSR count). The van der Waals surface area contributed by atoms with Gasteiger partial charge in [0.2, 0.25) is 5.91 Å². The predicted octanol–water partition coefficient (Wildman–Crippen LogP) is 3.64. The van der Waals surface area contributed by atoms with E-state index in [1.807, 2.05) is 24.3 Å². The minimum atomic E-state index is -0.397. The number of nitrogens with one attached hydrogen (secondary N) is 1. The van der Waals surface area contributed by atoms with E-state index in [0.717, 1.165) is 11.1 Å². The SMILES string of the molecule is COc1ccc(NC(=O)C=C2SC(=NCc3cccnc3)N(Cc3cccnc3)C2=O)cc1. The fourth-order valence-electron chi connectivity index (χ4n) is 3.06. The van der Waals surface area contributed by atoms with Gasteiger partial charge in [0.25, 0.3) is 5.91 Å². The lowest BCUT2D eigenvalue weighted by molar-refractivity contribution is -0.123. The van der Waals surface area contributed by atoms with Crippen molar-refractivity contribution < 1.29 is 14.3 Å². The number of thioether (sulfide) groups is 1. The number of pyridine rings is 2. The molecule has 0 spiro atoms. The molecule has 1 N–H and O–H groups in total. The molecule has 1 aliphatic heterocycles. The van der Waals surface area contributed by atoms with Crippen LogP contribution in [0.5, 0.6) is 5.75 Å². The maximum atomic E-state index is 13.1. The van der Waals surface area contributed by atoms with Crippen molar-refractivity contribution in [2.24, 2.45) is 4.99 Å². The fourth-order valence-corrected chi connectivity index (χ4v) is 4.01. The first kappa shape index (κ1) is 22.2. The molecule has 0 unspecified atom stereocenters. The highest BCUT2D eigenvalue weighted by Gasteiger charge is 2.34. The first-order valence-corrected chi connectivity index (χ1v) is 10.9. The summed E-state index contributed by atoms with van der Waals surface area (Å²) in [6.07, 6.45) is 8.11. The molecule has 8 nitrogen and oxygen atoms in total. The number of amidine groups is 1. The van der Waals surface area contributed by atoms with Gasteiger partial charge >= 0.3 is 0 Å². The summed E-state index contributed by atoms with van der Waals surface area (Å²) in [5.41, 5.74) is 2.39. The smallest absolute Gasteiger partial charge is 0.267 e. The second-order valence-corrected chi connectivity index (χ2v) is 8.05. The van der Waals surface area contributed by atoms with Crippen molar-refractivity contribution in [3.63, 3.8) is 0 Å². The van der Waals surface area contributed by atoms with Crippen molar-refractivity contribution >= 4 is 34.4 Å². The number of rotatable bonds is 7. The van der Waals surface area contributed by atoms with Gasteiger partial charge in [0.05, 0.1) is 25.1 Å². The van der Waals surface area contributed by atoms with Gasteiger partial charge in [0, 0.05) is 36.6 Å². The Morgan fingerprint density at radius 3 is 2.42 bits per heavy atom. The second kappa shape index (κ2) is 10.6. The molecule has 1 aliphatic rings. The van der Waals surface area contributed by atoms with E-state index < -0.39 is 5.91 Å². The summed E-state index contributed by atoms with van der Waals surface area (Å²) in [6, 6.07) is 14.4. The number of ether oxygens (including phenoxy) is 1. The third-order valence-electron chi connectivity index (χ3n) is 4.69. The Labute approximate surface area is 195 Å². The number of aromatic nitrogens is 2. The number of hydrogen-bond donors (Lipinski definition) is 1. The molecule has 1 fully saturated rings. The minimum absolute atomic E-state index is 0.279. The lowest BCUT2D eigenvalue weighted by Gasteiger charge is -2.15.